The van der Waals surface area contributed by atoms with Crippen molar-refractivity contribution in [3.63, 3.8) is 0 Å². The van der Waals surface area contributed by atoms with Gasteiger partial charge in [0.15, 0.2) is 0 Å². The van der Waals surface area contributed by atoms with E-state index in [0.717, 1.165) is 35.4 Å². The van der Waals surface area contributed by atoms with Crippen LogP contribution in [0.1, 0.15) is 22.3 Å². The first kappa shape index (κ1) is 13.5. The summed E-state index contributed by atoms with van der Waals surface area (Å²) in [6.07, 6.45) is 1.93. The van der Waals surface area contributed by atoms with Crippen molar-refractivity contribution in [1.82, 2.24) is 0 Å². The van der Waals surface area contributed by atoms with Crippen LogP contribution in [0, 0.1) is 6.92 Å². The van der Waals surface area contributed by atoms with Crippen molar-refractivity contribution in [3.8, 4) is 11.5 Å². The van der Waals surface area contributed by atoms with Gasteiger partial charge in [-0.05, 0) is 42.7 Å². The van der Waals surface area contributed by atoms with Gasteiger partial charge in [0.25, 0.3) is 0 Å². The molecule has 104 valence electrons. The Morgan fingerprint density at radius 3 is 2.70 bits per heavy atom. The lowest BCUT2D eigenvalue weighted by atomic mass is 9.96. The summed E-state index contributed by atoms with van der Waals surface area (Å²) in [5.74, 6) is 1.97. The minimum Gasteiger partial charge on any atom is -0.497 e. The first-order chi connectivity index (χ1) is 9.69. The van der Waals surface area contributed by atoms with Crippen LogP contribution >= 0.6 is 15.9 Å². The molecule has 0 amide bonds. The normalized spacial score (nSPS) is 12.9. The molecule has 1 heterocycles. The second kappa shape index (κ2) is 5.49. The Hall–Kier alpha value is -1.48. The van der Waals surface area contributed by atoms with Gasteiger partial charge in [0, 0.05) is 22.0 Å². The zero-order valence-electron chi connectivity index (χ0n) is 11.7. The van der Waals surface area contributed by atoms with Gasteiger partial charge in [-0.1, -0.05) is 28.1 Å². The van der Waals surface area contributed by atoms with Gasteiger partial charge in [0.05, 0.1) is 13.7 Å². The minimum atomic E-state index is 0.794. The molecule has 3 rings (SSSR count). The zero-order chi connectivity index (χ0) is 14.1. The molecule has 0 N–H and O–H groups in total. The molecule has 0 saturated carbocycles. The average molecular weight is 333 g/mol. The maximum absolute atomic E-state index is 5.77. The molecule has 0 radical (unpaired) electrons. The molecule has 1 aliphatic heterocycles. The van der Waals surface area contributed by atoms with Crippen molar-refractivity contribution in [2.75, 3.05) is 13.7 Å². The van der Waals surface area contributed by atoms with Crippen LogP contribution < -0.4 is 9.47 Å². The molecule has 2 aromatic carbocycles. The third-order valence-electron chi connectivity index (χ3n) is 3.81. The summed E-state index contributed by atoms with van der Waals surface area (Å²) in [6.45, 7) is 2.90. The van der Waals surface area contributed by atoms with Crippen LogP contribution in [-0.4, -0.2) is 13.7 Å². The lowest BCUT2D eigenvalue weighted by molar-refractivity contribution is 0.354. The highest BCUT2D eigenvalue weighted by Gasteiger charge is 2.20. The molecule has 20 heavy (non-hydrogen) atoms. The highest BCUT2D eigenvalue weighted by atomic mass is 79.9. The molecule has 0 unspecified atom stereocenters. The van der Waals surface area contributed by atoms with Crippen LogP contribution in [-0.2, 0) is 12.8 Å². The number of halogens is 1. The van der Waals surface area contributed by atoms with E-state index in [-0.39, 0.29) is 0 Å². The summed E-state index contributed by atoms with van der Waals surface area (Å²) >= 11 is 3.64. The van der Waals surface area contributed by atoms with Gasteiger partial charge in [-0.15, -0.1) is 0 Å². The van der Waals surface area contributed by atoms with E-state index < -0.39 is 0 Å². The van der Waals surface area contributed by atoms with Crippen molar-refractivity contribution < 1.29 is 9.47 Å². The number of hydrogen-bond acceptors (Lipinski definition) is 2. The number of methoxy groups -OCH3 is 1. The van der Waals surface area contributed by atoms with Gasteiger partial charge in [-0.25, -0.2) is 0 Å². The molecule has 1 aliphatic rings. The predicted molar refractivity (Wildman–Crippen MR) is 83.9 cm³/mol. The fraction of sp³-hybridized carbons (Fsp3) is 0.294. The SMILES string of the molecule is COc1ccc(Cc2cc(Br)c(C)c3c2CCO3)cc1. The van der Waals surface area contributed by atoms with Crippen LogP contribution in [0.2, 0.25) is 0 Å². The lowest BCUT2D eigenvalue weighted by Crippen LogP contribution is -1.96. The molecule has 0 saturated heterocycles. The second-order valence-electron chi connectivity index (χ2n) is 5.07. The highest BCUT2D eigenvalue weighted by Crippen LogP contribution is 2.37. The summed E-state index contributed by atoms with van der Waals surface area (Å²) in [4.78, 5) is 0. The first-order valence-corrected chi connectivity index (χ1v) is 7.55. The smallest absolute Gasteiger partial charge is 0.126 e. The number of ether oxygens (including phenoxy) is 2. The molecular weight excluding hydrogens is 316 g/mol. The fourth-order valence-corrected chi connectivity index (χ4v) is 3.13. The molecule has 0 bridgehead atoms. The standard InChI is InChI=1S/C17H17BrO2/c1-11-16(18)10-13(15-7-8-20-17(11)15)9-12-3-5-14(19-2)6-4-12/h3-6,10H,7-9H2,1-2H3. The van der Waals surface area contributed by atoms with Gasteiger partial charge in [0.2, 0.25) is 0 Å². The fourth-order valence-electron chi connectivity index (χ4n) is 2.67. The van der Waals surface area contributed by atoms with Crippen LogP contribution in [0.5, 0.6) is 11.5 Å². The molecule has 0 atom stereocenters. The third kappa shape index (κ3) is 2.42. The number of hydrogen-bond donors (Lipinski definition) is 0. The van der Waals surface area contributed by atoms with Crippen molar-refractivity contribution in [2.24, 2.45) is 0 Å². The van der Waals surface area contributed by atoms with Crippen molar-refractivity contribution in [2.45, 2.75) is 19.8 Å². The van der Waals surface area contributed by atoms with Crippen molar-refractivity contribution in [3.05, 3.63) is 57.1 Å². The lowest BCUT2D eigenvalue weighted by Gasteiger charge is -2.12. The Balaban J connectivity index is 1.94. The van der Waals surface area contributed by atoms with E-state index in [1.807, 2.05) is 12.1 Å². The van der Waals surface area contributed by atoms with E-state index in [1.165, 1.54) is 22.3 Å². The predicted octanol–water partition coefficient (Wildman–Crippen LogP) is 4.29. The molecular formula is C17H17BrO2. The summed E-state index contributed by atoms with van der Waals surface area (Å²) in [5, 5.41) is 0. The topological polar surface area (TPSA) is 18.5 Å². The molecule has 2 aromatic rings. The summed E-state index contributed by atoms with van der Waals surface area (Å²) in [5.41, 5.74) is 5.20. The Bertz CT molecular complexity index is 632. The molecule has 2 nitrogen and oxygen atoms in total. The maximum atomic E-state index is 5.77. The molecule has 0 aliphatic carbocycles. The maximum Gasteiger partial charge on any atom is 0.126 e. The Morgan fingerprint density at radius 2 is 2.00 bits per heavy atom. The van der Waals surface area contributed by atoms with Crippen LogP contribution in [0.3, 0.4) is 0 Å². The van der Waals surface area contributed by atoms with E-state index >= 15 is 0 Å². The van der Waals surface area contributed by atoms with E-state index in [4.69, 9.17) is 9.47 Å². The first-order valence-electron chi connectivity index (χ1n) is 6.75. The summed E-state index contributed by atoms with van der Waals surface area (Å²) in [7, 11) is 1.69. The summed E-state index contributed by atoms with van der Waals surface area (Å²) in [6, 6.07) is 10.5. The van der Waals surface area contributed by atoms with Gasteiger partial charge >= 0.3 is 0 Å². The minimum absolute atomic E-state index is 0.794. The van der Waals surface area contributed by atoms with Gasteiger partial charge in [-0.2, -0.15) is 0 Å². The van der Waals surface area contributed by atoms with Gasteiger partial charge in [0.1, 0.15) is 11.5 Å². The van der Waals surface area contributed by atoms with Crippen LogP contribution in [0.15, 0.2) is 34.8 Å². The van der Waals surface area contributed by atoms with Gasteiger partial charge < -0.3 is 9.47 Å². The van der Waals surface area contributed by atoms with E-state index in [0.29, 0.717) is 0 Å². The largest absolute Gasteiger partial charge is 0.497 e. The highest BCUT2D eigenvalue weighted by molar-refractivity contribution is 9.10. The molecule has 3 heteroatoms. The van der Waals surface area contributed by atoms with Gasteiger partial charge in [-0.3, -0.25) is 0 Å². The number of rotatable bonds is 3. The quantitative estimate of drug-likeness (QED) is 0.834. The second-order valence-corrected chi connectivity index (χ2v) is 5.93. The molecule has 0 fully saturated rings. The average Bonchev–Trinajstić information content (AvgIpc) is 2.95. The van der Waals surface area contributed by atoms with Crippen molar-refractivity contribution in [1.29, 1.82) is 0 Å². The molecule has 0 spiro atoms. The number of fused-ring (bicyclic) bond motifs is 1. The van der Waals surface area contributed by atoms with E-state index in [1.54, 1.807) is 7.11 Å². The third-order valence-corrected chi connectivity index (χ3v) is 4.64. The summed E-state index contributed by atoms with van der Waals surface area (Å²) < 4.78 is 12.1. The van der Waals surface area contributed by atoms with Crippen LogP contribution in [0.4, 0.5) is 0 Å². The zero-order valence-corrected chi connectivity index (χ0v) is 13.3. The Morgan fingerprint density at radius 1 is 1.25 bits per heavy atom. The molecule has 0 aromatic heterocycles. The van der Waals surface area contributed by atoms with Crippen LogP contribution in [0.25, 0.3) is 0 Å². The van der Waals surface area contributed by atoms with E-state index in [9.17, 15) is 0 Å². The Labute approximate surface area is 127 Å². The van der Waals surface area contributed by atoms with E-state index in [2.05, 4.69) is 41.1 Å². The Kier molecular flexibility index (Phi) is 3.70. The number of benzene rings is 2. The van der Waals surface area contributed by atoms with Crippen molar-refractivity contribution >= 4 is 15.9 Å². The monoisotopic (exact) mass is 332 g/mol.